The van der Waals surface area contributed by atoms with Gasteiger partial charge in [0.2, 0.25) is 0 Å². The Labute approximate surface area is 122 Å². The number of nitrogens with one attached hydrogen (secondary N) is 1. The summed E-state index contributed by atoms with van der Waals surface area (Å²) in [5, 5.41) is 2.48. The molecule has 6 heteroatoms. The van der Waals surface area contributed by atoms with E-state index >= 15 is 0 Å². The van der Waals surface area contributed by atoms with Gasteiger partial charge in [-0.3, -0.25) is 4.79 Å². The molecule has 0 aromatic heterocycles. The van der Waals surface area contributed by atoms with E-state index in [4.69, 9.17) is 4.74 Å². The highest BCUT2D eigenvalue weighted by Gasteiger charge is 2.10. The number of halogens is 3. The summed E-state index contributed by atoms with van der Waals surface area (Å²) in [6.45, 7) is 0. The first kappa shape index (κ1) is 14.5. The van der Waals surface area contributed by atoms with Gasteiger partial charge in [0.15, 0.2) is 11.6 Å². The number of amides is 1. The molecule has 0 saturated carbocycles. The van der Waals surface area contributed by atoms with Crippen LogP contribution in [0.25, 0.3) is 0 Å². The Morgan fingerprint density at radius 3 is 2.50 bits per heavy atom. The van der Waals surface area contributed by atoms with E-state index in [1.54, 1.807) is 0 Å². The van der Waals surface area contributed by atoms with E-state index in [-0.39, 0.29) is 21.5 Å². The Hall–Kier alpha value is -1.95. The third-order valence-electron chi connectivity index (χ3n) is 2.59. The fraction of sp³-hybridized carbons (Fsp3) is 0.0714. The molecule has 0 fully saturated rings. The molecule has 0 saturated heterocycles. The summed E-state index contributed by atoms with van der Waals surface area (Å²) in [5.41, 5.74) is 0.401. The van der Waals surface area contributed by atoms with Gasteiger partial charge in [-0.15, -0.1) is 0 Å². The predicted octanol–water partition coefficient (Wildman–Crippen LogP) is 3.99. The molecule has 0 heterocycles. The first-order valence-corrected chi connectivity index (χ1v) is 6.40. The van der Waals surface area contributed by atoms with Crippen molar-refractivity contribution in [1.29, 1.82) is 0 Å². The molecule has 0 aliphatic heterocycles. The van der Waals surface area contributed by atoms with Gasteiger partial charge >= 0.3 is 0 Å². The molecule has 104 valence electrons. The molecule has 2 aromatic rings. The second kappa shape index (κ2) is 6.00. The second-order valence-corrected chi connectivity index (χ2v) is 4.79. The third-order valence-corrected chi connectivity index (χ3v) is 3.23. The molecule has 3 nitrogen and oxygen atoms in total. The molecular weight excluding hydrogens is 332 g/mol. The predicted molar refractivity (Wildman–Crippen MR) is 75.0 cm³/mol. The van der Waals surface area contributed by atoms with Crippen molar-refractivity contribution in [3.8, 4) is 5.75 Å². The Morgan fingerprint density at radius 2 is 1.90 bits per heavy atom. The molecule has 0 unspecified atom stereocenters. The van der Waals surface area contributed by atoms with Gasteiger partial charge in [-0.2, -0.15) is 0 Å². The third kappa shape index (κ3) is 3.14. The van der Waals surface area contributed by atoms with Crippen LogP contribution in [0.5, 0.6) is 5.75 Å². The zero-order valence-electron chi connectivity index (χ0n) is 10.4. The highest BCUT2D eigenvalue weighted by Crippen LogP contribution is 2.22. The summed E-state index contributed by atoms with van der Waals surface area (Å²) in [7, 11) is 1.35. The minimum atomic E-state index is -0.590. The van der Waals surface area contributed by atoms with Gasteiger partial charge in [-0.25, -0.2) is 8.78 Å². The van der Waals surface area contributed by atoms with Gasteiger partial charge in [0.05, 0.1) is 11.6 Å². The van der Waals surface area contributed by atoms with Crippen LogP contribution in [0, 0.1) is 11.6 Å². The molecule has 0 atom stereocenters. The van der Waals surface area contributed by atoms with E-state index in [9.17, 15) is 13.6 Å². The average molecular weight is 342 g/mol. The molecule has 0 radical (unpaired) electrons. The topological polar surface area (TPSA) is 38.3 Å². The molecule has 0 spiro atoms. The number of hydrogen-bond donors (Lipinski definition) is 1. The lowest BCUT2D eigenvalue weighted by atomic mass is 10.2. The number of methoxy groups -OCH3 is 1. The second-order valence-electron chi connectivity index (χ2n) is 3.93. The van der Waals surface area contributed by atoms with Crippen LogP contribution >= 0.6 is 15.9 Å². The Kier molecular flexibility index (Phi) is 4.34. The normalized spacial score (nSPS) is 10.2. The molecule has 2 rings (SSSR count). The number of carbonyl (C=O) groups is 1. The van der Waals surface area contributed by atoms with Crippen molar-refractivity contribution in [2.24, 2.45) is 0 Å². The van der Waals surface area contributed by atoms with Crippen molar-refractivity contribution in [2.45, 2.75) is 0 Å². The van der Waals surface area contributed by atoms with E-state index in [1.807, 2.05) is 0 Å². The minimum absolute atomic E-state index is 0.0812. The summed E-state index contributed by atoms with van der Waals surface area (Å²) in [4.78, 5) is 11.9. The van der Waals surface area contributed by atoms with Crippen LogP contribution in [0.3, 0.4) is 0 Å². The van der Waals surface area contributed by atoms with Crippen LogP contribution in [0.1, 0.15) is 10.4 Å². The van der Waals surface area contributed by atoms with Gasteiger partial charge in [-0.05, 0) is 46.3 Å². The summed E-state index contributed by atoms with van der Waals surface area (Å²) in [5.74, 6) is -1.58. The summed E-state index contributed by atoms with van der Waals surface area (Å²) >= 11 is 3.00. The first-order chi connectivity index (χ1) is 9.51. The van der Waals surface area contributed by atoms with E-state index in [2.05, 4.69) is 21.2 Å². The van der Waals surface area contributed by atoms with Crippen LogP contribution in [-0.2, 0) is 0 Å². The van der Waals surface area contributed by atoms with Crippen LogP contribution in [0.4, 0.5) is 14.5 Å². The number of ether oxygens (including phenoxy) is 1. The van der Waals surface area contributed by atoms with Crippen molar-refractivity contribution in [2.75, 3.05) is 12.4 Å². The SMILES string of the molecule is COc1ccc(NC(=O)c2ccc(Br)c(F)c2)cc1F. The summed E-state index contributed by atoms with van der Waals surface area (Å²) in [6.07, 6.45) is 0. The van der Waals surface area contributed by atoms with E-state index in [1.165, 1.54) is 31.4 Å². The van der Waals surface area contributed by atoms with Crippen LogP contribution in [0.2, 0.25) is 0 Å². The summed E-state index contributed by atoms with van der Waals surface area (Å²) in [6, 6.07) is 8.01. The lowest BCUT2D eigenvalue weighted by Crippen LogP contribution is -2.12. The fourth-order valence-corrected chi connectivity index (χ4v) is 1.83. The van der Waals surface area contributed by atoms with Gasteiger partial charge in [-0.1, -0.05) is 0 Å². The van der Waals surface area contributed by atoms with Crippen molar-refractivity contribution >= 4 is 27.5 Å². The molecule has 0 bridgehead atoms. The van der Waals surface area contributed by atoms with Crippen molar-refractivity contribution < 1.29 is 18.3 Å². The zero-order chi connectivity index (χ0) is 14.7. The molecule has 1 N–H and O–H groups in total. The number of benzene rings is 2. The molecule has 1 amide bonds. The van der Waals surface area contributed by atoms with Crippen molar-refractivity contribution in [3.05, 3.63) is 58.1 Å². The number of anilines is 1. The number of carbonyl (C=O) groups excluding carboxylic acids is 1. The quantitative estimate of drug-likeness (QED) is 0.916. The maximum Gasteiger partial charge on any atom is 0.255 e. The van der Waals surface area contributed by atoms with Crippen LogP contribution in [0.15, 0.2) is 40.9 Å². The van der Waals surface area contributed by atoms with Gasteiger partial charge in [0.25, 0.3) is 5.91 Å². The Bertz CT molecular complexity index is 662. The van der Waals surface area contributed by atoms with Gasteiger partial charge < -0.3 is 10.1 Å². The average Bonchev–Trinajstić information content (AvgIpc) is 2.42. The maximum atomic E-state index is 13.5. The molecule has 20 heavy (non-hydrogen) atoms. The van der Waals surface area contributed by atoms with Crippen molar-refractivity contribution in [1.82, 2.24) is 0 Å². The largest absolute Gasteiger partial charge is 0.494 e. The Morgan fingerprint density at radius 1 is 1.15 bits per heavy atom. The number of rotatable bonds is 3. The first-order valence-electron chi connectivity index (χ1n) is 5.61. The molecule has 0 aliphatic carbocycles. The highest BCUT2D eigenvalue weighted by molar-refractivity contribution is 9.10. The Balaban J connectivity index is 2.19. The van der Waals surface area contributed by atoms with E-state index in [0.29, 0.717) is 0 Å². The van der Waals surface area contributed by atoms with Gasteiger partial charge in [0.1, 0.15) is 5.82 Å². The summed E-state index contributed by atoms with van der Waals surface area (Å²) < 4.78 is 31.9. The monoisotopic (exact) mass is 341 g/mol. The van der Waals surface area contributed by atoms with E-state index < -0.39 is 17.5 Å². The smallest absolute Gasteiger partial charge is 0.255 e. The highest BCUT2D eigenvalue weighted by atomic mass is 79.9. The molecule has 2 aromatic carbocycles. The zero-order valence-corrected chi connectivity index (χ0v) is 12.0. The van der Waals surface area contributed by atoms with Crippen LogP contribution in [-0.4, -0.2) is 13.0 Å². The molecular formula is C14H10BrF2NO2. The number of hydrogen-bond acceptors (Lipinski definition) is 2. The van der Waals surface area contributed by atoms with Crippen molar-refractivity contribution in [3.63, 3.8) is 0 Å². The molecule has 0 aliphatic rings. The van der Waals surface area contributed by atoms with Gasteiger partial charge in [0, 0.05) is 17.3 Å². The van der Waals surface area contributed by atoms with Crippen LogP contribution < -0.4 is 10.1 Å². The fourth-order valence-electron chi connectivity index (χ4n) is 1.58. The van der Waals surface area contributed by atoms with E-state index in [0.717, 1.165) is 12.1 Å². The maximum absolute atomic E-state index is 13.5. The lowest BCUT2D eigenvalue weighted by Gasteiger charge is -2.08. The minimum Gasteiger partial charge on any atom is -0.494 e. The standard InChI is InChI=1S/C14H10BrF2NO2/c1-20-13-5-3-9(7-12(13)17)18-14(19)8-2-4-10(15)11(16)6-8/h2-7H,1H3,(H,18,19). The lowest BCUT2D eigenvalue weighted by molar-refractivity contribution is 0.102.